The van der Waals surface area contributed by atoms with E-state index in [0.717, 1.165) is 111 Å². The summed E-state index contributed by atoms with van der Waals surface area (Å²) in [5, 5.41) is 6.82. The SMILES string of the molecule is CC(=O)Nc1ncc(CN2CCCO[C@@H](Cc3cc(C)nc(C)c3)C2)s1.CC(=O)Nc1ncc(CN2CCCO[C@H](Cc3cc(C)nc(C)c3)C2)s1. The van der Waals surface area contributed by atoms with Gasteiger partial charge in [0, 0.05) is 124 Å². The molecule has 2 N–H and O–H groups in total. The van der Waals surface area contributed by atoms with Crippen LogP contribution in [0.3, 0.4) is 0 Å². The first-order valence-corrected chi connectivity index (χ1v) is 19.6. The fourth-order valence-electron chi connectivity index (χ4n) is 6.70. The zero-order valence-electron chi connectivity index (χ0n) is 31.2. The van der Waals surface area contributed by atoms with E-state index in [4.69, 9.17) is 9.47 Å². The summed E-state index contributed by atoms with van der Waals surface area (Å²) in [4.78, 5) is 46.9. The molecule has 4 aromatic rings. The third-order valence-electron chi connectivity index (χ3n) is 8.51. The van der Waals surface area contributed by atoms with Crippen LogP contribution < -0.4 is 10.6 Å². The molecule has 0 aromatic carbocycles. The fourth-order valence-corrected chi connectivity index (χ4v) is 8.50. The van der Waals surface area contributed by atoms with E-state index >= 15 is 0 Å². The number of pyridine rings is 2. The summed E-state index contributed by atoms with van der Waals surface area (Å²) < 4.78 is 12.2. The summed E-state index contributed by atoms with van der Waals surface area (Å²) in [6.45, 7) is 18.2. The number of thiazole rings is 2. The molecule has 14 heteroatoms. The highest BCUT2D eigenvalue weighted by atomic mass is 32.1. The first-order valence-electron chi connectivity index (χ1n) is 18.0. The van der Waals surface area contributed by atoms with Crippen molar-refractivity contribution in [2.75, 3.05) is 50.0 Å². The number of hydrogen-bond acceptors (Lipinski definition) is 12. The predicted molar refractivity (Wildman–Crippen MR) is 207 cm³/mol. The Morgan fingerprint density at radius 1 is 0.692 bits per heavy atom. The van der Waals surface area contributed by atoms with Crippen LogP contribution in [-0.4, -0.2) is 93.2 Å². The third kappa shape index (κ3) is 13.4. The van der Waals surface area contributed by atoms with Crippen molar-refractivity contribution in [2.45, 2.75) is 92.5 Å². The van der Waals surface area contributed by atoms with E-state index in [1.807, 2.05) is 40.1 Å². The Bertz CT molecular complexity index is 1610. The van der Waals surface area contributed by atoms with E-state index < -0.39 is 0 Å². The van der Waals surface area contributed by atoms with Crippen LogP contribution in [0.15, 0.2) is 36.7 Å². The molecule has 0 unspecified atom stereocenters. The summed E-state index contributed by atoms with van der Waals surface area (Å²) in [5.41, 5.74) is 6.79. The van der Waals surface area contributed by atoms with Gasteiger partial charge < -0.3 is 20.1 Å². The van der Waals surface area contributed by atoms with Gasteiger partial charge in [-0.2, -0.15) is 0 Å². The molecular weight excluding hydrogens is 697 g/mol. The minimum Gasteiger partial charge on any atom is -0.376 e. The van der Waals surface area contributed by atoms with Crippen LogP contribution in [0.25, 0.3) is 0 Å². The Morgan fingerprint density at radius 3 is 1.44 bits per heavy atom. The smallest absolute Gasteiger partial charge is 0.223 e. The molecule has 0 bridgehead atoms. The van der Waals surface area contributed by atoms with Crippen molar-refractivity contribution in [2.24, 2.45) is 0 Å². The van der Waals surface area contributed by atoms with E-state index in [0.29, 0.717) is 10.3 Å². The van der Waals surface area contributed by atoms with Gasteiger partial charge in [0.2, 0.25) is 11.8 Å². The number of ether oxygens (including phenoxy) is 2. The van der Waals surface area contributed by atoms with E-state index in [-0.39, 0.29) is 24.0 Å². The Morgan fingerprint density at radius 2 is 1.08 bits per heavy atom. The number of carbonyl (C=O) groups is 2. The molecule has 2 aliphatic heterocycles. The largest absolute Gasteiger partial charge is 0.376 e. The Labute approximate surface area is 315 Å². The molecule has 6 heterocycles. The zero-order valence-corrected chi connectivity index (χ0v) is 32.9. The molecule has 2 amide bonds. The van der Waals surface area contributed by atoms with Crippen molar-refractivity contribution >= 4 is 44.8 Å². The van der Waals surface area contributed by atoms with Crippen molar-refractivity contribution in [1.82, 2.24) is 29.7 Å². The second-order valence-electron chi connectivity index (χ2n) is 13.7. The van der Waals surface area contributed by atoms with E-state index in [1.54, 1.807) is 0 Å². The van der Waals surface area contributed by atoms with Crippen LogP contribution in [0.4, 0.5) is 10.3 Å². The standard InChI is InChI=1S/2C19H26N4O2S/c2*1-13-7-16(8-14(2)21-13)9-17-11-23(5-4-6-25-17)12-18-10-20-19(26-18)22-15(3)24/h2*7-8,10,17H,4-6,9,11-12H2,1-3H3,(H,20,22,24)/t2*17-/m10/s1. The maximum atomic E-state index is 11.1. The lowest BCUT2D eigenvalue weighted by Gasteiger charge is -2.23. The van der Waals surface area contributed by atoms with E-state index in [9.17, 15) is 9.59 Å². The van der Waals surface area contributed by atoms with Gasteiger partial charge in [0.05, 0.1) is 12.2 Å². The lowest BCUT2D eigenvalue weighted by molar-refractivity contribution is -0.115. The van der Waals surface area contributed by atoms with Crippen molar-refractivity contribution < 1.29 is 19.1 Å². The van der Waals surface area contributed by atoms with Gasteiger partial charge in [0.15, 0.2) is 10.3 Å². The quantitative estimate of drug-likeness (QED) is 0.202. The van der Waals surface area contributed by atoms with Gasteiger partial charge in [0.25, 0.3) is 0 Å². The molecular formula is C38H52N8O4S2. The van der Waals surface area contributed by atoms with Crippen LogP contribution in [-0.2, 0) is 45.0 Å². The highest BCUT2D eigenvalue weighted by Gasteiger charge is 2.22. The molecule has 2 aliphatic rings. The maximum Gasteiger partial charge on any atom is 0.223 e. The minimum atomic E-state index is -0.0860. The number of aromatic nitrogens is 4. The van der Waals surface area contributed by atoms with Crippen LogP contribution in [0.1, 0.15) is 70.3 Å². The molecule has 6 rings (SSSR count). The third-order valence-corrected chi connectivity index (χ3v) is 10.3. The van der Waals surface area contributed by atoms with Gasteiger partial charge in [-0.3, -0.25) is 29.4 Å². The first kappa shape index (κ1) is 39.5. The average Bonchev–Trinajstić information content (AvgIpc) is 3.52. The van der Waals surface area contributed by atoms with E-state index in [2.05, 4.69) is 64.6 Å². The van der Waals surface area contributed by atoms with Gasteiger partial charge in [0.1, 0.15) is 0 Å². The van der Waals surface area contributed by atoms with Gasteiger partial charge in [-0.1, -0.05) is 0 Å². The summed E-state index contributed by atoms with van der Waals surface area (Å²) in [6.07, 6.45) is 7.94. The monoisotopic (exact) mass is 748 g/mol. The Kier molecular flexibility index (Phi) is 14.8. The molecule has 12 nitrogen and oxygen atoms in total. The molecule has 2 atom stereocenters. The van der Waals surface area contributed by atoms with Gasteiger partial charge in [-0.05, 0) is 75.9 Å². The van der Waals surface area contributed by atoms with Crippen LogP contribution in [0.2, 0.25) is 0 Å². The van der Waals surface area contributed by atoms with Crippen LogP contribution in [0, 0.1) is 27.7 Å². The highest BCUT2D eigenvalue weighted by Crippen LogP contribution is 2.23. The van der Waals surface area contributed by atoms with E-state index in [1.165, 1.54) is 47.6 Å². The highest BCUT2D eigenvalue weighted by molar-refractivity contribution is 7.16. The second-order valence-corrected chi connectivity index (χ2v) is 15.9. The van der Waals surface area contributed by atoms with Gasteiger partial charge >= 0.3 is 0 Å². The predicted octanol–water partition coefficient (Wildman–Crippen LogP) is 5.89. The van der Waals surface area contributed by atoms with Gasteiger partial charge in [-0.15, -0.1) is 22.7 Å². The maximum absolute atomic E-state index is 11.1. The molecule has 0 radical (unpaired) electrons. The summed E-state index contributed by atoms with van der Waals surface area (Å²) in [5.74, 6) is -0.172. The molecule has 2 saturated heterocycles. The van der Waals surface area contributed by atoms with Crippen molar-refractivity contribution in [3.8, 4) is 0 Å². The Balaban J connectivity index is 0.000000201. The molecule has 2 fully saturated rings. The number of carbonyl (C=O) groups excluding carboxylic acids is 2. The normalized spacial score (nSPS) is 18.5. The zero-order chi connectivity index (χ0) is 37.0. The van der Waals surface area contributed by atoms with Gasteiger partial charge in [-0.25, -0.2) is 9.97 Å². The number of aryl methyl sites for hydroxylation is 4. The van der Waals surface area contributed by atoms with Crippen molar-refractivity contribution in [3.05, 3.63) is 80.3 Å². The molecule has 0 aliphatic carbocycles. The van der Waals surface area contributed by atoms with Crippen molar-refractivity contribution in [3.63, 3.8) is 0 Å². The number of anilines is 2. The minimum absolute atomic E-state index is 0.0860. The average molecular weight is 749 g/mol. The lowest BCUT2D eigenvalue weighted by atomic mass is 10.1. The number of rotatable bonds is 10. The second kappa shape index (κ2) is 19.4. The number of nitrogens with zero attached hydrogens (tertiary/aromatic N) is 6. The van der Waals surface area contributed by atoms with Crippen LogP contribution in [0.5, 0.6) is 0 Å². The lowest BCUT2D eigenvalue weighted by Crippen LogP contribution is -2.32. The topological polar surface area (TPSA) is 135 Å². The molecule has 280 valence electrons. The summed E-state index contributed by atoms with van der Waals surface area (Å²) in [7, 11) is 0. The fraction of sp³-hybridized carbons (Fsp3) is 0.526. The summed E-state index contributed by atoms with van der Waals surface area (Å²) >= 11 is 3.07. The molecule has 4 aromatic heterocycles. The van der Waals surface area contributed by atoms with Crippen LogP contribution >= 0.6 is 22.7 Å². The number of nitrogens with one attached hydrogen (secondary N) is 2. The summed E-state index contributed by atoms with van der Waals surface area (Å²) in [6, 6.07) is 8.59. The number of hydrogen-bond donors (Lipinski definition) is 2. The van der Waals surface area contributed by atoms with Crippen molar-refractivity contribution in [1.29, 1.82) is 0 Å². The first-order chi connectivity index (χ1) is 24.9. The molecule has 0 spiro atoms. The Hall–Kier alpha value is -3.66. The molecule has 52 heavy (non-hydrogen) atoms. The molecule has 0 saturated carbocycles. The number of amides is 2.